The molecule has 1 aliphatic rings. The molecule has 0 spiro atoms. The highest BCUT2D eigenvalue weighted by Gasteiger charge is 2.26. The van der Waals surface area contributed by atoms with E-state index in [1.807, 2.05) is 66.7 Å². The number of rotatable bonds is 7. The summed E-state index contributed by atoms with van der Waals surface area (Å²) in [5.41, 5.74) is 4.07. The molecule has 188 valence electrons. The Labute approximate surface area is 214 Å². The summed E-state index contributed by atoms with van der Waals surface area (Å²) in [6, 6.07) is 21.2. The summed E-state index contributed by atoms with van der Waals surface area (Å²) >= 11 is 0. The normalized spacial score (nSPS) is 13.1. The summed E-state index contributed by atoms with van der Waals surface area (Å²) in [7, 11) is 0. The zero-order valence-electron chi connectivity index (χ0n) is 20.5. The van der Waals surface area contributed by atoms with E-state index in [2.05, 4.69) is 5.32 Å². The number of aryl methyl sites for hydroxylation is 2. The maximum atomic E-state index is 13.3. The lowest BCUT2D eigenvalue weighted by atomic mass is 10.0. The number of hydrogen-bond donors (Lipinski definition) is 1. The fourth-order valence-corrected chi connectivity index (χ4v) is 4.70. The lowest BCUT2D eigenvalue weighted by Crippen LogP contribution is -2.44. The van der Waals surface area contributed by atoms with Gasteiger partial charge < -0.3 is 19.2 Å². The molecule has 0 bridgehead atoms. The third-order valence-corrected chi connectivity index (χ3v) is 6.62. The lowest BCUT2D eigenvalue weighted by molar-refractivity contribution is -0.136. The quantitative estimate of drug-likeness (QED) is 0.219. The van der Waals surface area contributed by atoms with Crippen molar-refractivity contribution in [2.24, 2.45) is 0 Å². The molecule has 1 aromatic heterocycles. The first-order valence-corrected chi connectivity index (χ1v) is 12.3. The maximum absolute atomic E-state index is 13.3. The van der Waals surface area contributed by atoms with Crippen LogP contribution < -0.4 is 15.7 Å². The van der Waals surface area contributed by atoms with Crippen LogP contribution in [0.5, 0.6) is 5.75 Å². The van der Waals surface area contributed by atoms with Gasteiger partial charge >= 0.3 is 17.7 Å². The number of benzene rings is 3. The standard InChI is InChI=1S/C30H27NO6/c1-19-26(16-15-23-22-13-8-14-24(22)28(32)37-27(19)23)36-29(33)25(17-20-9-4-2-5-10-20)31-30(34)35-18-21-11-6-3-7-12-21/h2-7,9-12,15-16,25H,8,13-14,17-18H2,1H3,(H,31,34). The van der Waals surface area contributed by atoms with Crippen molar-refractivity contribution < 1.29 is 23.5 Å². The minimum atomic E-state index is -0.993. The number of carbonyl (C=O) groups is 2. The van der Waals surface area contributed by atoms with E-state index in [1.54, 1.807) is 13.0 Å². The molecule has 0 aliphatic heterocycles. The number of ether oxygens (including phenoxy) is 2. The highest BCUT2D eigenvalue weighted by Crippen LogP contribution is 2.33. The molecule has 37 heavy (non-hydrogen) atoms. The van der Waals surface area contributed by atoms with Gasteiger partial charge in [-0.2, -0.15) is 0 Å². The molecule has 1 heterocycles. The first kappa shape index (κ1) is 24.3. The second-order valence-corrected chi connectivity index (χ2v) is 9.14. The molecule has 4 aromatic rings. The Balaban J connectivity index is 1.36. The van der Waals surface area contributed by atoms with Crippen LogP contribution in [0.4, 0.5) is 4.79 Å². The molecule has 5 rings (SSSR count). The number of nitrogens with one attached hydrogen (secondary N) is 1. The number of esters is 1. The van der Waals surface area contributed by atoms with E-state index < -0.39 is 18.1 Å². The Morgan fingerprint density at radius 3 is 2.32 bits per heavy atom. The van der Waals surface area contributed by atoms with Gasteiger partial charge in [-0.25, -0.2) is 14.4 Å². The molecule has 7 heteroatoms. The fraction of sp³-hybridized carbons (Fsp3) is 0.233. The van der Waals surface area contributed by atoms with E-state index in [-0.39, 0.29) is 24.4 Å². The van der Waals surface area contributed by atoms with E-state index in [1.165, 1.54) is 0 Å². The molecular formula is C30H27NO6. The molecule has 1 amide bonds. The van der Waals surface area contributed by atoms with Gasteiger partial charge in [-0.1, -0.05) is 60.7 Å². The van der Waals surface area contributed by atoms with Crippen molar-refractivity contribution in [1.82, 2.24) is 5.32 Å². The Kier molecular flexibility index (Phi) is 7.03. The summed E-state index contributed by atoms with van der Waals surface area (Å²) in [5.74, 6) is -0.373. The number of amides is 1. The smallest absolute Gasteiger partial charge is 0.408 e. The first-order chi connectivity index (χ1) is 18.0. The summed E-state index contributed by atoms with van der Waals surface area (Å²) in [6.07, 6.45) is 1.96. The molecule has 3 aromatic carbocycles. The highest BCUT2D eigenvalue weighted by atomic mass is 16.6. The van der Waals surface area contributed by atoms with Gasteiger partial charge in [0, 0.05) is 22.9 Å². The zero-order chi connectivity index (χ0) is 25.8. The monoisotopic (exact) mass is 497 g/mol. The van der Waals surface area contributed by atoms with E-state index >= 15 is 0 Å². The Morgan fingerprint density at radius 1 is 0.919 bits per heavy atom. The van der Waals surface area contributed by atoms with Crippen LogP contribution in [0.25, 0.3) is 11.0 Å². The van der Waals surface area contributed by atoms with Gasteiger partial charge in [-0.05, 0) is 55.0 Å². The molecule has 0 radical (unpaired) electrons. The van der Waals surface area contributed by atoms with Crippen LogP contribution in [0.2, 0.25) is 0 Å². The molecule has 7 nitrogen and oxygen atoms in total. The van der Waals surface area contributed by atoms with Crippen molar-refractivity contribution in [3.63, 3.8) is 0 Å². The molecule has 0 saturated heterocycles. The Bertz CT molecular complexity index is 1490. The molecule has 1 aliphatic carbocycles. The molecular weight excluding hydrogens is 470 g/mol. The van der Waals surface area contributed by atoms with Crippen molar-refractivity contribution in [1.29, 1.82) is 0 Å². The Hall–Kier alpha value is -4.39. The second kappa shape index (κ2) is 10.7. The molecule has 1 atom stereocenters. The number of alkyl carbamates (subject to hydrolysis) is 1. The average molecular weight is 498 g/mol. The van der Waals surface area contributed by atoms with Crippen molar-refractivity contribution in [2.75, 3.05) is 0 Å². The minimum Gasteiger partial charge on any atom is -0.445 e. The van der Waals surface area contributed by atoms with Crippen LogP contribution in [0.3, 0.4) is 0 Å². The van der Waals surface area contributed by atoms with Crippen molar-refractivity contribution in [3.8, 4) is 5.75 Å². The molecule has 1 N–H and O–H groups in total. The third kappa shape index (κ3) is 5.40. The van der Waals surface area contributed by atoms with E-state index in [9.17, 15) is 14.4 Å². The van der Waals surface area contributed by atoms with Crippen molar-refractivity contribution in [2.45, 2.75) is 45.3 Å². The average Bonchev–Trinajstić information content (AvgIpc) is 3.41. The van der Waals surface area contributed by atoms with Crippen molar-refractivity contribution >= 4 is 23.0 Å². The predicted octanol–water partition coefficient (Wildman–Crippen LogP) is 5.03. The summed E-state index contributed by atoms with van der Waals surface area (Å²) < 4.78 is 16.7. The minimum absolute atomic E-state index is 0.0763. The van der Waals surface area contributed by atoms with Crippen LogP contribution in [0.1, 0.15) is 34.2 Å². The summed E-state index contributed by atoms with van der Waals surface area (Å²) in [5, 5.41) is 3.51. The van der Waals surface area contributed by atoms with E-state index in [0.717, 1.165) is 46.9 Å². The highest BCUT2D eigenvalue weighted by molar-refractivity contribution is 5.88. The fourth-order valence-electron chi connectivity index (χ4n) is 4.70. The molecule has 1 unspecified atom stereocenters. The van der Waals surface area contributed by atoms with E-state index in [4.69, 9.17) is 13.9 Å². The van der Waals surface area contributed by atoms with Gasteiger partial charge in [0.05, 0.1) is 0 Å². The van der Waals surface area contributed by atoms with Crippen LogP contribution in [0, 0.1) is 6.92 Å². The summed E-state index contributed by atoms with van der Waals surface area (Å²) in [6.45, 7) is 1.83. The second-order valence-electron chi connectivity index (χ2n) is 9.14. The molecule has 0 saturated carbocycles. The van der Waals surface area contributed by atoms with Gasteiger partial charge in [0.15, 0.2) is 0 Å². The van der Waals surface area contributed by atoms with Crippen LogP contribution in [-0.2, 0) is 35.4 Å². The first-order valence-electron chi connectivity index (χ1n) is 12.3. The Morgan fingerprint density at radius 2 is 1.59 bits per heavy atom. The molecule has 0 fully saturated rings. The zero-order valence-corrected chi connectivity index (χ0v) is 20.5. The SMILES string of the molecule is Cc1c(OC(=O)C(Cc2ccccc2)NC(=O)OCc2ccccc2)ccc2c3c(c(=O)oc12)CCC3. The number of hydrogen-bond acceptors (Lipinski definition) is 6. The number of carbonyl (C=O) groups excluding carboxylic acids is 2. The van der Waals surface area contributed by atoms with Crippen molar-refractivity contribution in [3.05, 3.63) is 111 Å². The largest absolute Gasteiger partial charge is 0.445 e. The van der Waals surface area contributed by atoms with Crippen LogP contribution in [-0.4, -0.2) is 18.1 Å². The van der Waals surface area contributed by atoms with Crippen LogP contribution >= 0.6 is 0 Å². The topological polar surface area (TPSA) is 94.8 Å². The van der Waals surface area contributed by atoms with Gasteiger partial charge in [0.1, 0.15) is 24.0 Å². The number of fused-ring (bicyclic) bond motifs is 3. The third-order valence-electron chi connectivity index (χ3n) is 6.62. The predicted molar refractivity (Wildman–Crippen MR) is 139 cm³/mol. The summed E-state index contributed by atoms with van der Waals surface area (Å²) in [4.78, 5) is 38.3. The maximum Gasteiger partial charge on any atom is 0.408 e. The van der Waals surface area contributed by atoms with Gasteiger partial charge in [0.2, 0.25) is 0 Å². The van der Waals surface area contributed by atoms with Gasteiger partial charge in [-0.15, -0.1) is 0 Å². The van der Waals surface area contributed by atoms with Gasteiger partial charge in [0.25, 0.3) is 0 Å². The van der Waals surface area contributed by atoms with Gasteiger partial charge in [-0.3, -0.25) is 0 Å². The lowest BCUT2D eigenvalue weighted by Gasteiger charge is -2.19. The van der Waals surface area contributed by atoms with E-state index in [0.29, 0.717) is 11.1 Å². The van der Waals surface area contributed by atoms with Crippen LogP contribution in [0.15, 0.2) is 82.0 Å².